The number of carbonyl (C=O) groups excluding carboxylic acids is 1. The Hall–Kier alpha value is -1.51. The molecule has 3 nitrogen and oxygen atoms in total. The molecule has 1 aromatic rings. The average molecular weight is 249 g/mol. The van der Waals surface area contributed by atoms with E-state index in [9.17, 15) is 4.79 Å². The number of carbonyl (C=O) groups is 1. The summed E-state index contributed by atoms with van der Waals surface area (Å²) in [5.41, 5.74) is 4.99. The van der Waals surface area contributed by atoms with Crippen LogP contribution < -0.4 is 5.32 Å². The van der Waals surface area contributed by atoms with Crippen molar-refractivity contribution >= 4 is 6.09 Å². The molecule has 0 saturated carbocycles. The Morgan fingerprint density at radius 1 is 1.22 bits per heavy atom. The van der Waals surface area contributed by atoms with Gasteiger partial charge in [-0.05, 0) is 37.5 Å². The fourth-order valence-corrected chi connectivity index (χ4v) is 2.70. The lowest BCUT2D eigenvalue weighted by molar-refractivity contribution is 0.168. The lowest BCUT2D eigenvalue weighted by Gasteiger charge is -2.29. The SMILES string of the molecule is COC(=O)NCC(C)(C)c1c(C)cc(C)cc1C. The van der Waals surface area contributed by atoms with Gasteiger partial charge in [0.1, 0.15) is 0 Å². The van der Waals surface area contributed by atoms with Crippen LogP contribution in [0.4, 0.5) is 4.79 Å². The number of nitrogens with one attached hydrogen (secondary N) is 1. The standard InChI is InChI=1S/C15H23NO2/c1-10-7-11(2)13(12(3)8-10)15(4,5)9-16-14(17)18-6/h7-8H,9H2,1-6H3,(H,16,17). The third kappa shape index (κ3) is 3.25. The summed E-state index contributed by atoms with van der Waals surface area (Å²) in [4.78, 5) is 11.2. The van der Waals surface area contributed by atoms with Crippen LogP contribution in [-0.4, -0.2) is 19.7 Å². The Kier molecular flexibility index (Phi) is 4.38. The summed E-state index contributed by atoms with van der Waals surface area (Å²) in [6.07, 6.45) is -0.384. The summed E-state index contributed by atoms with van der Waals surface area (Å²) < 4.78 is 4.61. The van der Waals surface area contributed by atoms with Crippen molar-refractivity contribution in [3.8, 4) is 0 Å². The molecule has 3 heteroatoms. The second-order valence-electron chi connectivity index (χ2n) is 5.50. The number of aryl methyl sites for hydroxylation is 3. The normalized spacial score (nSPS) is 11.2. The number of benzene rings is 1. The Balaban J connectivity index is 3.01. The van der Waals surface area contributed by atoms with Crippen LogP contribution >= 0.6 is 0 Å². The highest BCUT2D eigenvalue weighted by Gasteiger charge is 2.25. The molecular formula is C15H23NO2. The van der Waals surface area contributed by atoms with Gasteiger partial charge in [-0.15, -0.1) is 0 Å². The molecule has 1 aromatic carbocycles. The molecule has 0 heterocycles. The highest BCUT2D eigenvalue weighted by Crippen LogP contribution is 2.29. The van der Waals surface area contributed by atoms with Crippen molar-refractivity contribution in [2.24, 2.45) is 0 Å². The van der Waals surface area contributed by atoms with Crippen LogP contribution in [0.2, 0.25) is 0 Å². The van der Waals surface area contributed by atoms with E-state index < -0.39 is 0 Å². The second kappa shape index (κ2) is 5.42. The molecule has 1 rings (SSSR count). The molecule has 0 spiro atoms. The number of rotatable bonds is 3. The summed E-state index contributed by atoms with van der Waals surface area (Å²) in [7, 11) is 1.38. The third-order valence-corrected chi connectivity index (χ3v) is 3.21. The summed E-state index contributed by atoms with van der Waals surface area (Å²) in [5.74, 6) is 0. The van der Waals surface area contributed by atoms with Crippen molar-refractivity contribution in [2.45, 2.75) is 40.0 Å². The van der Waals surface area contributed by atoms with Crippen LogP contribution in [0.1, 0.15) is 36.1 Å². The zero-order valence-corrected chi connectivity index (χ0v) is 12.2. The van der Waals surface area contributed by atoms with Gasteiger partial charge in [0.2, 0.25) is 0 Å². The maximum Gasteiger partial charge on any atom is 0.406 e. The van der Waals surface area contributed by atoms with Gasteiger partial charge < -0.3 is 10.1 Å². The topological polar surface area (TPSA) is 38.3 Å². The van der Waals surface area contributed by atoms with Gasteiger partial charge in [0.05, 0.1) is 7.11 Å². The molecule has 0 aliphatic carbocycles. The van der Waals surface area contributed by atoms with Crippen molar-refractivity contribution in [3.05, 3.63) is 34.4 Å². The second-order valence-corrected chi connectivity index (χ2v) is 5.50. The molecule has 0 fully saturated rings. The maximum atomic E-state index is 11.2. The van der Waals surface area contributed by atoms with Crippen LogP contribution in [0.25, 0.3) is 0 Å². The van der Waals surface area contributed by atoms with Gasteiger partial charge in [-0.2, -0.15) is 0 Å². The first-order valence-corrected chi connectivity index (χ1v) is 6.18. The number of hydrogen-bond donors (Lipinski definition) is 1. The van der Waals surface area contributed by atoms with E-state index in [1.165, 1.54) is 29.4 Å². The van der Waals surface area contributed by atoms with Crippen LogP contribution in [0.3, 0.4) is 0 Å². The zero-order valence-electron chi connectivity index (χ0n) is 12.2. The maximum absolute atomic E-state index is 11.2. The lowest BCUT2D eigenvalue weighted by atomic mass is 9.79. The van der Waals surface area contributed by atoms with Crippen molar-refractivity contribution in [2.75, 3.05) is 13.7 Å². The molecule has 1 N–H and O–H groups in total. The van der Waals surface area contributed by atoms with Crippen LogP contribution in [-0.2, 0) is 10.2 Å². The molecule has 0 saturated heterocycles. The molecule has 100 valence electrons. The van der Waals surface area contributed by atoms with Gasteiger partial charge in [-0.1, -0.05) is 31.5 Å². The molecule has 0 bridgehead atoms. The summed E-state index contributed by atoms with van der Waals surface area (Å²) >= 11 is 0. The quantitative estimate of drug-likeness (QED) is 0.893. The van der Waals surface area contributed by atoms with Gasteiger partial charge in [0.15, 0.2) is 0 Å². The lowest BCUT2D eigenvalue weighted by Crippen LogP contribution is -2.37. The molecule has 1 amide bonds. The molecule has 0 aliphatic heterocycles. The fourth-order valence-electron chi connectivity index (χ4n) is 2.70. The predicted octanol–water partition coefficient (Wildman–Crippen LogP) is 3.25. The van der Waals surface area contributed by atoms with E-state index >= 15 is 0 Å². The summed E-state index contributed by atoms with van der Waals surface area (Å²) in [6.45, 7) is 11.2. The Morgan fingerprint density at radius 3 is 2.17 bits per heavy atom. The smallest absolute Gasteiger partial charge is 0.406 e. The molecule has 0 radical (unpaired) electrons. The van der Waals surface area contributed by atoms with Crippen LogP contribution in [0.5, 0.6) is 0 Å². The highest BCUT2D eigenvalue weighted by atomic mass is 16.5. The van der Waals surface area contributed by atoms with Crippen molar-refractivity contribution in [1.82, 2.24) is 5.32 Å². The number of ether oxygens (including phenoxy) is 1. The number of methoxy groups -OCH3 is 1. The summed E-state index contributed by atoms with van der Waals surface area (Å²) in [6, 6.07) is 4.37. The minimum absolute atomic E-state index is 0.115. The van der Waals surface area contributed by atoms with Crippen molar-refractivity contribution in [1.29, 1.82) is 0 Å². The number of amides is 1. The van der Waals surface area contributed by atoms with E-state index in [-0.39, 0.29) is 11.5 Å². The van der Waals surface area contributed by atoms with Gasteiger partial charge in [0, 0.05) is 12.0 Å². The summed E-state index contributed by atoms with van der Waals surface area (Å²) in [5, 5.41) is 2.78. The van der Waals surface area contributed by atoms with Crippen molar-refractivity contribution < 1.29 is 9.53 Å². The number of hydrogen-bond acceptors (Lipinski definition) is 2. The molecule has 0 unspecified atom stereocenters. The molecular weight excluding hydrogens is 226 g/mol. The molecule has 0 aliphatic rings. The zero-order chi connectivity index (χ0) is 13.9. The van der Waals surface area contributed by atoms with Gasteiger partial charge in [0.25, 0.3) is 0 Å². The van der Waals surface area contributed by atoms with Gasteiger partial charge in [-0.25, -0.2) is 4.79 Å². The van der Waals surface area contributed by atoms with Crippen LogP contribution in [0.15, 0.2) is 12.1 Å². The molecule has 0 aromatic heterocycles. The first-order valence-electron chi connectivity index (χ1n) is 6.18. The van der Waals surface area contributed by atoms with E-state index in [2.05, 4.69) is 56.8 Å². The Morgan fingerprint density at radius 2 is 1.72 bits per heavy atom. The van der Waals surface area contributed by atoms with E-state index in [1.54, 1.807) is 0 Å². The molecule has 0 atom stereocenters. The largest absolute Gasteiger partial charge is 0.453 e. The predicted molar refractivity (Wildman–Crippen MR) is 74.1 cm³/mol. The highest BCUT2D eigenvalue weighted by molar-refractivity contribution is 5.67. The van der Waals surface area contributed by atoms with E-state index in [0.29, 0.717) is 6.54 Å². The first-order chi connectivity index (χ1) is 8.27. The Labute approximate surface area is 110 Å². The van der Waals surface area contributed by atoms with Crippen LogP contribution in [0, 0.1) is 20.8 Å². The van der Waals surface area contributed by atoms with E-state index in [4.69, 9.17) is 0 Å². The third-order valence-electron chi connectivity index (χ3n) is 3.21. The van der Waals surface area contributed by atoms with E-state index in [0.717, 1.165) is 0 Å². The number of alkyl carbamates (subject to hydrolysis) is 1. The minimum atomic E-state index is -0.384. The van der Waals surface area contributed by atoms with Gasteiger partial charge in [-0.3, -0.25) is 0 Å². The fraction of sp³-hybridized carbons (Fsp3) is 0.533. The Bertz CT molecular complexity index is 427. The minimum Gasteiger partial charge on any atom is -0.453 e. The van der Waals surface area contributed by atoms with E-state index in [1.807, 2.05) is 0 Å². The monoisotopic (exact) mass is 249 g/mol. The average Bonchev–Trinajstić information content (AvgIpc) is 2.24. The first kappa shape index (κ1) is 14.6. The van der Waals surface area contributed by atoms with Crippen molar-refractivity contribution in [3.63, 3.8) is 0 Å². The van der Waals surface area contributed by atoms with Gasteiger partial charge >= 0.3 is 6.09 Å². The molecule has 18 heavy (non-hydrogen) atoms.